The minimum Gasteiger partial charge on any atom is -0.507 e. The molecular formula is C21H14ClN3O3. The number of phenols is 2. The van der Waals surface area contributed by atoms with Gasteiger partial charge in [0.05, 0.1) is 16.8 Å². The van der Waals surface area contributed by atoms with E-state index < -0.39 is 5.24 Å². The smallest absolute Gasteiger partial charge is 0.252 e. The predicted molar refractivity (Wildman–Crippen MR) is 106 cm³/mol. The van der Waals surface area contributed by atoms with Gasteiger partial charge in [0.2, 0.25) is 0 Å². The summed E-state index contributed by atoms with van der Waals surface area (Å²) in [4.78, 5) is 15.9. The van der Waals surface area contributed by atoms with Crippen LogP contribution in [-0.2, 0) is 0 Å². The summed E-state index contributed by atoms with van der Waals surface area (Å²) in [5.74, 6) is 0.786. The highest BCUT2D eigenvalue weighted by molar-refractivity contribution is 6.67. The van der Waals surface area contributed by atoms with Crippen LogP contribution in [0.5, 0.6) is 11.5 Å². The lowest BCUT2D eigenvalue weighted by Crippen LogP contribution is -2.00. The number of phenolic OH excluding ortho intramolecular Hbond substituents is 2. The van der Waals surface area contributed by atoms with Crippen molar-refractivity contribution in [3.8, 4) is 40.0 Å². The molecule has 0 fully saturated rings. The van der Waals surface area contributed by atoms with Gasteiger partial charge in [0, 0.05) is 5.56 Å². The van der Waals surface area contributed by atoms with Crippen molar-refractivity contribution in [2.75, 3.05) is 0 Å². The summed E-state index contributed by atoms with van der Waals surface area (Å²) in [7, 11) is 0. The van der Waals surface area contributed by atoms with E-state index in [1.165, 1.54) is 0 Å². The number of hydrogen-bond acceptors (Lipinski definition) is 5. The Bertz CT molecular complexity index is 1170. The number of nitrogens with zero attached hydrogens (tertiary/aromatic N) is 3. The summed E-state index contributed by atoms with van der Waals surface area (Å²) >= 11 is 5.52. The lowest BCUT2D eigenvalue weighted by atomic mass is 10.1. The fourth-order valence-corrected chi connectivity index (χ4v) is 2.97. The van der Waals surface area contributed by atoms with E-state index in [1.54, 1.807) is 77.5 Å². The molecule has 0 amide bonds. The van der Waals surface area contributed by atoms with Gasteiger partial charge in [0.25, 0.3) is 5.24 Å². The molecular weight excluding hydrogens is 378 g/mol. The summed E-state index contributed by atoms with van der Waals surface area (Å²) in [6.07, 6.45) is 0. The SMILES string of the molecule is O=C(Cl)c1ccc(-n2nc(-c3ccccc3O)nc2-c2ccccc2O)cc1. The highest BCUT2D eigenvalue weighted by Gasteiger charge is 2.19. The van der Waals surface area contributed by atoms with Crippen LogP contribution in [0, 0.1) is 0 Å². The Labute approximate surface area is 165 Å². The van der Waals surface area contributed by atoms with Gasteiger partial charge < -0.3 is 10.2 Å². The number of hydrogen-bond donors (Lipinski definition) is 2. The second-order valence-corrected chi connectivity index (χ2v) is 6.37. The molecule has 3 aromatic carbocycles. The largest absolute Gasteiger partial charge is 0.507 e. The second kappa shape index (κ2) is 7.17. The van der Waals surface area contributed by atoms with Crippen molar-refractivity contribution in [1.29, 1.82) is 0 Å². The molecule has 1 heterocycles. The van der Waals surface area contributed by atoms with E-state index in [-0.39, 0.29) is 11.5 Å². The van der Waals surface area contributed by atoms with Crippen molar-refractivity contribution in [2.24, 2.45) is 0 Å². The van der Waals surface area contributed by atoms with Crippen molar-refractivity contribution in [3.05, 3.63) is 78.4 Å². The van der Waals surface area contributed by atoms with Gasteiger partial charge in [-0.3, -0.25) is 4.79 Å². The fourth-order valence-electron chi connectivity index (χ4n) is 2.84. The van der Waals surface area contributed by atoms with E-state index in [0.29, 0.717) is 34.0 Å². The van der Waals surface area contributed by atoms with Crippen LogP contribution in [0.25, 0.3) is 28.5 Å². The van der Waals surface area contributed by atoms with E-state index in [2.05, 4.69) is 10.1 Å². The van der Waals surface area contributed by atoms with Crippen molar-refractivity contribution >= 4 is 16.8 Å². The van der Waals surface area contributed by atoms with Crippen LogP contribution < -0.4 is 0 Å². The van der Waals surface area contributed by atoms with E-state index in [0.717, 1.165) is 0 Å². The summed E-state index contributed by atoms with van der Waals surface area (Å²) in [5, 5.41) is 24.4. The lowest BCUT2D eigenvalue weighted by Gasteiger charge is -2.07. The van der Waals surface area contributed by atoms with Gasteiger partial charge in [0.15, 0.2) is 11.6 Å². The minimum atomic E-state index is -0.555. The molecule has 6 nitrogen and oxygen atoms in total. The van der Waals surface area contributed by atoms with Crippen LogP contribution in [-0.4, -0.2) is 30.2 Å². The third kappa shape index (κ3) is 3.21. The molecule has 1 aromatic heterocycles. The first-order valence-corrected chi connectivity index (χ1v) is 8.76. The Morgan fingerprint density at radius 3 is 1.96 bits per heavy atom. The van der Waals surface area contributed by atoms with Gasteiger partial charge in [-0.2, -0.15) is 0 Å². The van der Waals surface area contributed by atoms with E-state index in [1.807, 2.05) is 0 Å². The van der Waals surface area contributed by atoms with Crippen LogP contribution in [0.3, 0.4) is 0 Å². The van der Waals surface area contributed by atoms with Crippen molar-refractivity contribution in [2.45, 2.75) is 0 Å². The molecule has 138 valence electrons. The minimum absolute atomic E-state index is 0.0477. The van der Waals surface area contributed by atoms with Crippen LogP contribution in [0.2, 0.25) is 0 Å². The van der Waals surface area contributed by atoms with Gasteiger partial charge in [-0.05, 0) is 60.1 Å². The van der Waals surface area contributed by atoms with Gasteiger partial charge in [-0.1, -0.05) is 24.3 Å². The molecule has 0 bridgehead atoms. The Morgan fingerprint density at radius 1 is 0.821 bits per heavy atom. The molecule has 4 rings (SSSR count). The van der Waals surface area contributed by atoms with Gasteiger partial charge in [0.1, 0.15) is 11.5 Å². The standard InChI is InChI=1S/C21H14ClN3O3/c22-19(28)13-9-11-14(12-10-13)25-21(16-6-2-4-8-18(16)27)23-20(24-25)15-5-1-3-7-17(15)26/h1-12,26-27H. The van der Waals surface area contributed by atoms with Crippen LogP contribution in [0.15, 0.2) is 72.8 Å². The monoisotopic (exact) mass is 391 g/mol. The zero-order chi connectivity index (χ0) is 19.7. The molecule has 28 heavy (non-hydrogen) atoms. The normalized spacial score (nSPS) is 10.8. The number of carbonyl (C=O) groups is 1. The lowest BCUT2D eigenvalue weighted by molar-refractivity contribution is 0.108. The van der Waals surface area contributed by atoms with Gasteiger partial charge >= 0.3 is 0 Å². The van der Waals surface area contributed by atoms with Crippen LogP contribution in [0.1, 0.15) is 10.4 Å². The average molecular weight is 392 g/mol. The Hall–Kier alpha value is -3.64. The first-order chi connectivity index (χ1) is 13.5. The second-order valence-electron chi connectivity index (χ2n) is 6.03. The number of para-hydroxylation sites is 2. The van der Waals surface area contributed by atoms with Crippen molar-refractivity contribution < 1.29 is 15.0 Å². The number of aromatic hydroxyl groups is 2. The molecule has 0 atom stereocenters. The molecule has 0 aliphatic carbocycles. The molecule has 4 aromatic rings. The topological polar surface area (TPSA) is 88.2 Å². The zero-order valence-electron chi connectivity index (χ0n) is 14.5. The Morgan fingerprint density at radius 2 is 1.39 bits per heavy atom. The molecule has 7 heteroatoms. The zero-order valence-corrected chi connectivity index (χ0v) is 15.2. The van der Waals surface area contributed by atoms with E-state index >= 15 is 0 Å². The Balaban J connectivity index is 1.92. The van der Waals surface area contributed by atoms with Crippen LogP contribution in [0.4, 0.5) is 0 Å². The first kappa shape index (κ1) is 17.8. The maximum absolute atomic E-state index is 11.3. The quantitative estimate of drug-likeness (QED) is 0.503. The molecule has 0 aliphatic rings. The number of carbonyl (C=O) groups excluding carboxylic acids is 1. The third-order valence-electron chi connectivity index (χ3n) is 4.24. The summed E-state index contributed by atoms with van der Waals surface area (Å²) in [6, 6.07) is 20.1. The van der Waals surface area contributed by atoms with Crippen molar-refractivity contribution in [3.63, 3.8) is 0 Å². The Kier molecular flexibility index (Phi) is 4.55. The highest BCUT2D eigenvalue weighted by Crippen LogP contribution is 2.33. The molecule has 2 N–H and O–H groups in total. The van der Waals surface area contributed by atoms with E-state index in [4.69, 9.17) is 11.6 Å². The molecule has 0 aliphatic heterocycles. The third-order valence-corrected chi connectivity index (χ3v) is 4.45. The van der Waals surface area contributed by atoms with Gasteiger partial charge in [-0.15, -0.1) is 5.10 Å². The molecule has 0 saturated carbocycles. The molecule has 0 spiro atoms. The number of benzene rings is 3. The molecule has 0 saturated heterocycles. The molecule has 0 radical (unpaired) electrons. The van der Waals surface area contributed by atoms with Crippen molar-refractivity contribution in [1.82, 2.24) is 14.8 Å². The number of aromatic nitrogens is 3. The maximum Gasteiger partial charge on any atom is 0.252 e. The number of rotatable bonds is 4. The van der Waals surface area contributed by atoms with E-state index in [9.17, 15) is 15.0 Å². The fraction of sp³-hybridized carbons (Fsp3) is 0. The predicted octanol–water partition coefficient (Wildman–Crippen LogP) is 4.39. The highest BCUT2D eigenvalue weighted by atomic mass is 35.5. The summed E-state index contributed by atoms with van der Waals surface area (Å²) in [5.41, 5.74) is 1.92. The maximum atomic E-state index is 11.3. The van der Waals surface area contributed by atoms with Crippen LogP contribution >= 0.6 is 11.6 Å². The number of halogens is 1. The summed E-state index contributed by atoms with van der Waals surface area (Å²) in [6.45, 7) is 0. The average Bonchev–Trinajstić information content (AvgIpc) is 3.13. The van der Waals surface area contributed by atoms with Gasteiger partial charge in [-0.25, -0.2) is 9.67 Å². The molecule has 0 unspecified atom stereocenters. The first-order valence-electron chi connectivity index (χ1n) is 8.38. The summed E-state index contributed by atoms with van der Waals surface area (Å²) < 4.78 is 1.54.